The van der Waals surface area contributed by atoms with E-state index in [-0.39, 0.29) is 6.04 Å². The van der Waals surface area contributed by atoms with Gasteiger partial charge in [-0.25, -0.2) is 0 Å². The lowest BCUT2D eigenvalue weighted by Gasteiger charge is -2.24. The molecule has 19 heavy (non-hydrogen) atoms. The summed E-state index contributed by atoms with van der Waals surface area (Å²) in [7, 11) is 4.82. The Hall–Kier alpha value is -1.91. The van der Waals surface area contributed by atoms with Gasteiger partial charge in [0.15, 0.2) is 0 Å². The molecule has 5 nitrogen and oxygen atoms in total. The monoisotopic (exact) mass is 265 g/mol. The Labute approximate surface area is 113 Å². The standard InChI is InChI=1S/C14H19NO4/c1-17-10-7-12(18-2)14(13(8-10)19-3)11-5-4-6-15(11)9-16/h7-9,11H,4-6H2,1-3H3/t11-/m1/s1. The summed E-state index contributed by atoms with van der Waals surface area (Å²) in [5.41, 5.74) is 0.912. The van der Waals surface area contributed by atoms with Gasteiger partial charge in [0.1, 0.15) is 17.2 Å². The first kappa shape index (κ1) is 13.5. The average Bonchev–Trinajstić information content (AvgIpc) is 2.93. The molecule has 1 aliphatic heterocycles. The van der Waals surface area contributed by atoms with Crippen molar-refractivity contribution >= 4 is 6.41 Å². The molecule has 2 rings (SSSR count). The van der Waals surface area contributed by atoms with Gasteiger partial charge in [-0.15, -0.1) is 0 Å². The molecule has 5 heteroatoms. The maximum Gasteiger partial charge on any atom is 0.210 e. The summed E-state index contributed by atoms with van der Waals surface area (Å²) >= 11 is 0. The van der Waals surface area contributed by atoms with E-state index in [1.54, 1.807) is 26.2 Å². The highest BCUT2D eigenvalue weighted by atomic mass is 16.5. The Morgan fingerprint density at radius 1 is 1.16 bits per heavy atom. The third-order valence-corrected chi connectivity index (χ3v) is 3.52. The minimum absolute atomic E-state index is 0.00769. The predicted molar refractivity (Wildman–Crippen MR) is 70.8 cm³/mol. The lowest BCUT2D eigenvalue weighted by atomic mass is 10.0. The van der Waals surface area contributed by atoms with Crippen LogP contribution in [0.3, 0.4) is 0 Å². The van der Waals surface area contributed by atoms with Crippen LogP contribution in [0.4, 0.5) is 0 Å². The lowest BCUT2D eigenvalue weighted by Crippen LogP contribution is -2.22. The molecular formula is C14H19NO4. The summed E-state index contributed by atoms with van der Waals surface area (Å²) in [6.45, 7) is 0.770. The molecule has 1 aromatic carbocycles. The van der Waals surface area contributed by atoms with Crippen molar-refractivity contribution in [3.8, 4) is 17.2 Å². The quantitative estimate of drug-likeness (QED) is 0.764. The second kappa shape index (κ2) is 5.82. The molecule has 1 aliphatic rings. The Balaban J connectivity index is 2.50. The molecule has 0 bridgehead atoms. The number of ether oxygens (including phenoxy) is 3. The number of nitrogens with zero attached hydrogens (tertiary/aromatic N) is 1. The molecule has 0 unspecified atom stereocenters. The Bertz CT molecular complexity index is 436. The predicted octanol–water partition coefficient (Wildman–Crippen LogP) is 2.01. The van der Waals surface area contributed by atoms with Crippen molar-refractivity contribution < 1.29 is 19.0 Å². The first-order chi connectivity index (χ1) is 9.24. The normalized spacial score (nSPS) is 18.3. The zero-order valence-corrected chi connectivity index (χ0v) is 11.5. The molecule has 1 amide bonds. The van der Waals surface area contributed by atoms with Gasteiger partial charge in [-0.1, -0.05) is 0 Å². The van der Waals surface area contributed by atoms with Gasteiger partial charge in [-0.05, 0) is 12.8 Å². The van der Waals surface area contributed by atoms with E-state index >= 15 is 0 Å². The molecule has 0 spiro atoms. The van der Waals surface area contributed by atoms with Crippen molar-refractivity contribution in [2.45, 2.75) is 18.9 Å². The van der Waals surface area contributed by atoms with E-state index in [1.807, 2.05) is 12.1 Å². The minimum atomic E-state index is 0.00769. The van der Waals surface area contributed by atoms with Crippen LogP contribution in [0.25, 0.3) is 0 Å². The maximum absolute atomic E-state index is 11.1. The maximum atomic E-state index is 11.1. The summed E-state index contributed by atoms with van der Waals surface area (Å²) in [6.07, 6.45) is 2.79. The van der Waals surface area contributed by atoms with Gasteiger partial charge >= 0.3 is 0 Å². The van der Waals surface area contributed by atoms with Gasteiger partial charge in [-0.3, -0.25) is 4.79 Å². The van der Waals surface area contributed by atoms with Crippen LogP contribution in [-0.4, -0.2) is 39.2 Å². The van der Waals surface area contributed by atoms with Crippen molar-refractivity contribution in [2.75, 3.05) is 27.9 Å². The number of hydrogen-bond donors (Lipinski definition) is 0. The lowest BCUT2D eigenvalue weighted by molar-refractivity contribution is -0.118. The van der Waals surface area contributed by atoms with Crippen LogP contribution in [0.15, 0.2) is 12.1 Å². The summed E-state index contributed by atoms with van der Waals surface area (Å²) in [6, 6.07) is 3.64. The number of amides is 1. The minimum Gasteiger partial charge on any atom is -0.496 e. The third kappa shape index (κ3) is 2.45. The largest absolute Gasteiger partial charge is 0.496 e. The molecule has 0 N–H and O–H groups in total. The topological polar surface area (TPSA) is 48.0 Å². The van der Waals surface area contributed by atoms with E-state index in [0.29, 0.717) is 17.2 Å². The summed E-state index contributed by atoms with van der Waals surface area (Å²) in [4.78, 5) is 12.9. The fourth-order valence-electron chi connectivity index (χ4n) is 2.59. The van der Waals surface area contributed by atoms with E-state index in [9.17, 15) is 4.79 Å². The van der Waals surface area contributed by atoms with Crippen LogP contribution in [-0.2, 0) is 4.79 Å². The van der Waals surface area contributed by atoms with Crippen LogP contribution >= 0.6 is 0 Å². The summed E-state index contributed by atoms with van der Waals surface area (Å²) in [5.74, 6) is 2.05. The molecule has 1 fully saturated rings. The molecule has 0 saturated carbocycles. The number of carbonyl (C=O) groups excluding carboxylic acids is 1. The zero-order chi connectivity index (χ0) is 13.8. The van der Waals surface area contributed by atoms with Gasteiger partial charge < -0.3 is 19.1 Å². The van der Waals surface area contributed by atoms with E-state index in [1.165, 1.54) is 0 Å². The first-order valence-electron chi connectivity index (χ1n) is 6.26. The zero-order valence-electron chi connectivity index (χ0n) is 11.5. The highest BCUT2D eigenvalue weighted by molar-refractivity contribution is 5.56. The molecule has 1 saturated heterocycles. The van der Waals surface area contributed by atoms with Gasteiger partial charge in [0.25, 0.3) is 0 Å². The van der Waals surface area contributed by atoms with Crippen LogP contribution in [0, 0.1) is 0 Å². The molecule has 104 valence electrons. The third-order valence-electron chi connectivity index (χ3n) is 3.52. The second-order valence-electron chi connectivity index (χ2n) is 4.45. The van der Waals surface area contributed by atoms with Crippen molar-refractivity contribution in [3.05, 3.63) is 17.7 Å². The fraction of sp³-hybridized carbons (Fsp3) is 0.500. The number of rotatable bonds is 5. The molecule has 0 aliphatic carbocycles. The van der Waals surface area contributed by atoms with E-state index < -0.39 is 0 Å². The van der Waals surface area contributed by atoms with Gasteiger partial charge in [-0.2, -0.15) is 0 Å². The second-order valence-corrected chi connectivity index (χ2v) is 4.45. The van der Waals surface area contributed by atoms with Crippen LogP contribution in [0.2, 0.25) is 0 Å². The van der Waals surface area contributed by atoms with Crippen molar-refractivity contribution in [3.63, 3.8) is 0 Å². The molecule has 1 aromatic rings. The number of hydrogen-bond acceptors (Lipinski definition) is 4. The Kier molecular flexibility index (Phi) is 4.14. The molecule has 1 atom stereocenters. The van der Waals surface area contributed by atoms with Crippen LogP contribution in [0.1, 0.15) is 24.4 Å². The highest BCUT2D eigenvalue weighted by Gasteiger charge is 2.30. The van der Waals surface area contributed by atoms with Crippen molar-refractivity contribution in [1.82, 2.24) is 4.90 Å². The van der Waals surface area contributed by atoms with E-state index in [4.69, 9.17) is 14.2 Å². The smallest absolute Gasteiger partial charge is 0.210 e. The molecular weight excluding hydrogens is 246 g/mol. The van der Waals surface area contributed by atoms with E-state index in [2.05, 4.69) is 0 Å². The van der Waals surface area contributed by atoms with Crippen molar-refractivity contribution in [1.29, 1.82) is 0 Å². The average molecular weight is 265 g/mol. The first-order valence-corrected chi connectivity index (χ1v) is 6.26. The fourth-order valence-corrected chi connectivity index (χ4v) is 2.59. The SMILES string of the molecule is COc1cc(OC)c([C@H]2CCCN2C=O)c(OC)c1. The number of methoxy groups -OCH3 is 3. The number of likely N-dealkylation sites (tertiary alicyclic amines) is 1. The Morgan fingerprint density at radius 3 is 2.26 bits per heavy atom. The Morgan fingerprint density at radius 2 is 1.79 bits per heavy atom. The summed E-state index contributed by atoms with van der Waals surface area (Å²) < 4.78 is 16.1. The molecule has 0 aromatic heterocycles. The van der Waals surface area contributed by atoms with Crippen LogP contribution in [0.5, 0.6) is 17.2 Å². The highest BCUT2D eigenvalue weighted by Crippen LogP contribution is 2.43. The molecule has 1 heterocycles. The van der Waals surface area contributed by atoms with E-state index in [0.717, 1.165) is 31.4 Å². The van der Waals surface area contributed by atoms with Crippen molar-refractivity contribution in [2.24, 2.45) is 0 Å². The number of carbonyl (C=O) groups is 1. The molecule has 0 radical (unpaired) electrons. The van der Waals surface area contributed by atoms with Gasteiger partial charge in [0.2, 0.25) is 6.41 Å². The van der Waals surface area contributed by atoms with Gasteiger partial charge in [0, 0.05) is 18.7 Å². The summed E-state index contributed by atoms with van der Waals surface area (Å²) in [5, 5.41) is 0. The van der Waals surface area contributed by atoms with Gasteiger partial charge in [0.05, 0.1) is 32.9 Å². The number of benzene rings is 1. The van der Waals surface area contributed by atoms with Crippen LogP contribution < -0.4 is 14.2 Å².